The van der Waals surface area contributed by atoms with Gasteiger partial charge < -0.3 is 19.8 Å². The number of amides is 1. The largest absolute Gasteiger partial charge is 0.493 e. The number of hydrogen-bond acceptors (Lipinski definition) is 5. The van der Waals surface area contributed by atoms with Gasteiger partial charge in [0.25, 0.3) is 5.56 Å². The summed E-state index contributed by atoms with van der Waals surface area (Å²) in [4.78, 5) is 38.3. The molecule has 0 unspecified atom stereocenters. The molecule has 2 N–H and O–H groups in total. The molecule has 8 nitrogen and oxygen atoms in total. The van der Waals surface area contributed by atoms with Gasteiger partial charge in [-0.05, 0) is 37.5 Å². The third-order valence-corrected chi connectivity index (χ3v) is 4.40. The van der Waals surface area contributed by atoms with Crippen molar-refractivity contribution < 1.29 is 14.3 Å². The Labute approximate surface area is 157 Å². The number of rotatable bonds is 8. The van der Waals surface area contributed by atoms with E-state index >= 15 is 0 Å². The Morgan fingerprint density at radius 2 is 1.85 bits per heavy atom. The van der Waals surface area contributed by atoms with Gasteiger partial charge in [-0.2, -0.15) is 0 Å². The highest BCUT2D eigenvalue weighted by atomic mass is 16.5. The van der Waals surface area contributed by atoms with Crippen molar-refractivity contribution in [1.29, 1.82) is 0 Å². The average Bonchev–Trinajstić information content (AvgIpc) is 2.66. The van der Waals surface area contributed by atoms with Crippen molar-refractivity contribution in [3.63, 3.8) is 0 Å². The Hall–Kier alpha value is -3.03. The van der Waals surface area contributed by atoms with Gasteiger partial charge in [0.05, 0.1) is 14.2 Å². The number of methoxy groups -OCH3 is 2. The molecule has 0 spiro atoms. The zero-order chi connectivity index (χ0) is 20.0. The van der Waals surface area contributed by atoms with Crippen LogP contribution < -0.4 is 26.0 Å². The molecule has 1 aromatic heterocycles. The molecule has 8 heteroatoms. The summed E-state index contributed by atoms with van der Waals surface area (Å²) in [5, 5.41) is 2.84. The molecule has 146 valence electrons. The molecule has 1 heterocycles. The molecular formula is C19H25N3O5. The number of aromatic nitrogens is 2. The number of hydrogen-bond donors (Lipinski definition) is 2. The molecule has 2 rings (SSSR count). The summed E-state index contributed by atoms with van der Waals surface area (Å²) in [6, 6.07) is 5.62. The number of nitrogens with zero attached hydrogens (tertiary/aromatic N) is 1. The summed E-state index contributed by atoms with van der Waals surface area (Å²) in [5.41, 5.74) is 1.14. The Morgan fingerprint density at radius 1 is 1.15 bits per heavy atom. The zero-order valence-corrected chi connectivity index (χ0v) is 16.0. The lowest BCUT2D eigenvalue weighted by molar-refractivity contribution is -0.121. The highest BCUT2D eigenvalue weighted by molar-refractivity contribution is 5.76. The number of nitrogens with one attached hydrogen (secondary N) is 2. The van der Waals surface area contributed by atoms with Crippen molar-refractivity contribution >= 4 is 5.91 Å². The van der Waals surface area contributed by atoms with Crippen molar-refractivity contribution in [3.05, 3.63) is 55.9 Å². The van der Waals surface area contributed by atoms with Crippen LogP contribution in [0.1, 0.15) is 23.2 Å². The predicted octanol–water partition coefficient (Wildman–Crippen LogP) is 0.691. The van der Waals surface area contributed by atoms with Gasteiger partial charge in [0.1, 0.15) is 0 Å². The molecule has 1 aromatic carbocycles. The van der Waals surface area contributed by atoms with Crippen LogP contribution in [-0.2, 0) is 24.7 Å². The molecule has 0 aliphatic carbocycles. The van der Waals surface area contributed by atoms with Crippen LogP contribution in [0, 0.1) is 6.92 Å². The molecular weight excluding hydrogens is 350 g/mol. The molecule has 2 aromatic rings. The van der Waals surface area contributed by atoms with Gasteiger partial charge >= 0.3 is 5.69 Å². The fourth-order valence-electron chi connectivity index (χ4n) is 2.78. The highest BCUT2D eigenvalue weighted by Crippen LogP contribution is 2.27. The molecule has 0 atom stereocenters. The first kappa shape index (κ1) is 20.3. The molecule has 0 bridgehead atoms. The summed E-state index contributed by atoms with van der Waals surface area (Å²) in [6.07, 6.45) is 1.09. The van der Waals surface area contributed by atoms with Crippen molar-refractivity contribution in [2.45, 2.75) is 26.2 Å². The van der Waals surface area contributed by atoms with Crippen molar-refractivity contribution in [2.75, 3.05) is 20.8 Å². The minimum absolute atomic E-state index is 0.150. The van der Waals surface area contributed by atoms with Crippen molar-refractivity contribution in [2.24, 2.45) is 7.05 Å². The lowest BCUT2D eigenvalue weighted by Crippen LogP contribution is -2.36. The maximum absolute atomic E-state index is 12.1. The van der Waals surface area contributed by atoms with Gasteiger partial charge in [-0.25, -0.2) is 4.79 Å². The van der Waals surface area contributed by atoms with Crippen LogP contribution in [0.4, 0.5) is 0 Å². The molecule has 1 amide bonds. The van der Waals surface area contributed by atoms with Crippen molar-refractivity contribution in [1.82, 2.24) is 14.9 Å². The number of benzene rings is 1. The standard InChI is InChI=1S/C19H25N3O5/c1-12-14(18(24)22(2)19(25)21-12)6-8-17(23)20-10-9-13-5-7-15(26-3)16(11-13)27-4/h5,7,11H,6,8-10H2,1-4H3,(H,20,23)(H,21,25). The van der Waals surface area contributed by atoms with E-state index in [-0.39, 0.29) is 24.3 Å². The fourth-order valence-corrected chi connectivity index (χ4v) is 2.78. The van der Waals surface area contributed by atoms with Gasteiger partial charge in [0, 0.05) is 31.3 Å². The molecule has 27 heavy (non-hydrogen) atoms. The predicted molar refractivity (Wildman–Crippen MR) is 102 cm³/mol. The van der Waals surface area contributed by atoms with Crippen LogP contribution in [0.5, 0.6) is 11.5 Å². The van der Waals surface area contributed by atoms with Crippen LogP contribution in [0.25, 0.3) is 0 Å². The summed E-state index contributed by atoms with van der Waals surface area (Å²) < 4.78 is 11.5. The second-order valence-corrected chi connectivity index (χ2v) is 6.19. The molecule has 0 radical (unpaired) electrons. The monoisotopic (exact) mass is 375 g/mol. The van der Waals surface area contributed by atoms with E-state index in [9.17, 15) is 14.4 Å². The van der Waals surface area contributed by atoms with Crippen molar-refractivity contribution in [3.8, 4) is 11.5 Å². The summed E-state index contributed by atoms with van der Waals surface area (Å²) in [6.45, 7) is 2.13. The molecule has 0 saturated carbocycles. The first-order chi connectivity index (χ1) is 12.9. The normalized spacial score (nSPS) is 10.5. The minimum Gasteiger partial charge on any atom is -0.493 e. The smallest absolute Gasteiger partial charge is 0.328 e. The average molecular weight is 375 g/mol. The SMILES string of the molecule is COc1ccc(CCNC(=O)CCc2c(C)[nH]c(=O)n(C)c2=O)cc1OC. The van der Waals surface area contributed by atoms with Gasteiger partial charge in [-0.1, -0.05) is 6.07 Å². The number of carbonyl (C=O) groups excluding carboxylic acids is 1. The number of H-pyrrole nitrogens is 1. The third-order valence-electron chi connectivity index (χ3n) is 4.40. The third kappa shape index (κ3) is 4.99. The van der Waals surface area contributed by atoms with Crippen LogP contribution in [-0.4, -0.2) is 36.2 Å². The number of aromatic amines is 1. The zero-order valence-electron chi connectivity index (χ0n) is 16.0. The maximum atomic E-state index is 12.1. The molecule has 0 fully saturated rings. The van der Waals surface area contributed by atoms with Crippen LogP contribution in [0.2, 0.25) is 0 Å². The van der Waals surface area contributed by atoms with E-state index in [1.165, 1.54) is 7.05 Å². The van der Waals surface area contributed by atoms with Crippen LogP contribution in [0.15, 0.2) is 27.8 Å². The Balaban J connectivity index is 1.88. The lowest BCUT2D eigenvalue weighted by Gasteiger charge is -2.10. The van der Waals surface area contributed by atoms with E-state index in [0.29, 0.717) is 35.7 Å². The number of carbonyl (C=O) groups is 1. The van der Waals surface area contributed by atoms with Gasteiger partial charge in [-0.15, -0.1) is 0 Å². The number of ether oxygens (including phenoxy) is 2. The summed E-state index contributed by atoms with van der Waals surface area (Å²) in [5.74, 6) is 1.15. The lowest BCUT2D eigenvalue weighted by atomic mass is 10.1. The van der Waals surface area contributed by atoms with E-state index in [0.717, 1.165) is 10.1 Å². The summed E-state index contributed by atoms with van der Waals surface area (Å²) >= 11 is 0. The van der Waals surface area contributed by atoms with Crippen LogP contribution in [0.3, 0.4) is 0 Å². The summed E-state index contributed by atoms with van der Waals surface area (Å²) in [7, 11) is 4.56. The van der Waals surface area contributed by atoms with E-state index in [1.54, 1.807) is 21.1 Å². The van der Waals surface area contributed by atoms with Gasteiger partial charge in [0.15, 0.2) is 11.5 Å². The van der Waals surface area contributed by atoms with E-state index in [4.69, 9.17) is 9.47 Å². The second kappa shape index (κ2) is 9.07. The quantitative estimate of drug-likeness (QED) is 0.707. The van der Waals surface area contributed by atoms with E-state index < -0.39 is 5.69 Å². The maximum Gasteiger partial charge on any atom is 0.328 e. The molecule has 0 saturated heterocycles. The molecule has 0 aliphatic heterocycles. The van der Waals surface area contributed by atoms with Gasteiger partial charge in [-0.3, -0.25) is 14.2 Å². The van der Waals surface area contributed by atoms with Gasteiger partial charge in [0.2, 0.25) is 5.91 Å². The minimum atomic E-state index is -0.458. The Morgan fingerprint density at radius 3 is 2.52 bits per heavy atom. The first-order valence-corrected chi connectivity index (χ1v) is 8.63. The Bertz CT molecular complexity index is 930. The fraction of sp³-hybridized carbons (Fsp3) is 0.421. The Kier molecular flexibility index (Phi) is 6.81. The molecule has 0 aliphatic rings. The first-order valence-electron chi connectivity index (χ1n) is 8.63. The van der Waals surface area contributed by atoms with Crippen LogP contribution >= 0.6 is 0 Å². The highest BCUT2D eigenvalue weighted by Gasteiger charge is 2.11. The van der Waals surface area contributed by atoms with E-state index in [1.807, 2.05) is 18.2 Å². The van der Waals surface area contributed by atoms with E-state index in [2.05, 4.69) is 10.3 Å². The second-order valence-electron chi connectivity index (χ2n) is 6.19. The topological polar surface area (TPSA) is 102 Å². The number of aryl methyl sites for hydroxylation is 1.